The molecule has 2 aromatic rings. The summed E-state index contributed by atoms with van der Waals surface area (Å²) >= 11 is 6.16. The Bertz CT molecular complexity index is 949. The van der Waals surface area contributed by atoms with Gasteiger partial charge in [0, 0.05) is 5.56 Å². The minimum absolute atomic E-state index is 0.183. The molecule has 1 aliphatic rings. The first-order valence-corrected chi connectivity index (χ1v) is 8.77. The fourth-order valence-electron chi connectivity index (χ4n) is 2.65. The molecule has 1 amide bonds. The number of carboxylic acid groups (broad SMARTS) is 1. The second-order valence-corrected chi connectivity index (χ2v) is 7.08. The molecule has 0 aromatic heterocycles. The molecule has 6 nitrogen and oxygen atoms in total. The van der Waals surface area contributed by atoms with Crippen LogP contribution in [0.25, 0.3) is 16.8 Å². The molecule has 1 heterocycles. The van der Waals surface area contributed by atoms with Gasteiger partial charge in [-0.3, -0.25) is 9.69 Å². The Labute approximate surface area is 159 Å². The number of nitrogens with zero attached hydrogens (tertiary/aromatic N) is 1. The van der Waals surface area contributed by atoms with Crippen LogP contribution < -0.4 is 14.6 Å². The molecule has 1 fully saturated rings. The van der Waals surface area contributed by atoms with Crippen LogP contribution in [0.1, 0.15) is 5.56 Å². The van der Waals surface area contributed by atoms with Crippen molar-refractivity contribution in [3.63, 3.8) is 0 Å². The third-order valence-electron chi connectivity index (χ3n) is 3.89. The topological polar surface area (TPSA) is 78.9 Å². The normalized spacial score (nSPS) is 15.8. The van der Waals surface area contributed by atoms with Crippen LogP contribution in [0, 0.1) is 0 Å². The van der Waals surface area contributed by atoms with E-state index < -0.39 is 18.4 Å². The summed E-state index contributed by atoms with van der Waals surface area (Å²) in [5.41, 5.74) is 0.692. The number of thioether (sulfide) groups is 1. The number of thiocarbonyl (C=S) groups is 1. The molecule has 134 valence electrons. The predicted octanol–water partition coefficient (Wildman–Crippen LogP) is 1.81. The fraction of sp³-hybridized carbons (Fsp3) is 0.167. The summed E-state index contributed by atoms with van der Waals surface area (Å²) < 4.78 is 10.9. The monoisotopic (exact) mass is 388 g/mol. The second-order valence-electron chi connectivity index (χ2n) is 5.41. The number of hydrogen-bond donors (Lipinski definition) is 0. The van der Waals surface area contributed by atoms with E-state index in [1.807, 2.05) is 30.3 Å². The Morgan fingerprint density at radius 2 is 2.00 bits per heavy atom. The number of ether oxygens (including phenoxy) is 2. The first kappa shape index (κ1) is 18.2. The van der Waals surface area contributed by atoms with Gasteiger partial charge < -0.3 is 19.4 Å². The Balaban J connectivity index is 2.12. The van der Waals surface area contributed by atoms with Gasteiger partial charge in [-0.25, -0.2) is 0 Å². The molecule has 0 radical (unpaired) electrons. The van der Waals surface area contributed by atoms with E-state index in [1.165, 1.54) is 0 Å². The molecule has 26 heavy (non-hydrogen) atoms. The summed E-state index contributed by atoms with van der Waals surface area (Å²) in [5, 5.41) is 12.6. The number of amides is 1. The lowest BCUT2D eigenvalue weighted by molar-refractivity contribution is -0.305. The SMILES string of the molecule is COc1ccc2ccc(OC)c(/C=C3\SC(=S)N(CC(=O)[O-])C3=O)c2c1. The highest BCUT2D eigenvalue weighted by molar-refractivity contribution is 8.26. The highest BCUT2D eigenvalue weighted by Gasteiger charge is 2.32. The molecular weight excluding hydrogens is 374 g/mol. The van der Waals surface area contributed by atoms with Crippen molar-refractivity contribution in [1.82, 2.24) is 4.90 Å². The van der Waals surface area contributed by atoms with E-state index in [-0.39, 0.29) is 4.32 Å². The standard InChI is InChI=1S/C18H15NO5S2/c1-23-11-5-3-10-4-6-14(24-2)13(12(10)7-11)8-15-17(22)19(9-16(20)21)18(25)26-15/h3-8H,9H2,1-2H3,(H,20,21)/p-1/b15-8-. The molecule has 0 saturated carbocycles. The Morgan fingerprint density at radius 3 is 2.65 bits per heavy atom. The first-order chi connectivity index (χ1) is 12.4. The molecule has 0 unspecified atom stereocenters. The zero-order chi connectivity index (χ0) is 18.8. The van der Waals surface area contributed by atoms with Gasteiger partial charge in [-0.05, 0) is 35.0 Å². The van der Waals surface area contributed by atoms with Crippen molar-refractivity contribution in [3.8, 4) is 11.5 Å². The van der Waals surface area contributed by atoms with Crippen molar-refractivity contribution < 1.29 is 24.2 Å². The van der Waals surface area contributed by atoms with Gasteiger partial charge >= 0.3 is 0 Å². The Kier molecular flexibility index (Phi) is 5.15. The quantitative estimate of drug-likeness (QED) is 0.571. The predicted molar refractivity (Wildman–Crippen MR) is 102 cm³/mol. The van der Waals surface area contributed by atoms with Crippen LogP contribution in [0.5, 0.6) is 11.5 Å². The summed E-state index contributed by atoms with van der Waals surface area (Å²) in [6.45, 7) is -0.567. The van der Waals surface area contributed by atoms with Crippen molar-refractivity contribution >= 4 is 57.0 Å². The van der Waals surface area contributed by atoms with Crippen molar-refractivity contribution in [2.45, 2.75) is 0 Å². The summed E-state index contributed by atoms with van der Waals surface area (Å²) in [4.78, 5) is 24.7. The molecule has 0 atom stereocenters. The van der Waals surface area contributed by atoms with Crippen LogP contribution in [0.2, 0.25) is 0 Å². The zero-order valence-electron chi connectivity index (χ0n) is 14.0. The van der Waals surface area contributed by atoms with E-state index in [9.17, 15) is 14.7 Å². The molecule has 0 N–H and O–H groups in total. The number of fused-ring (bicyclic) bond motifs is 1. The molecule has 0 bridgehead atoms. The maximum atomic E-state index is 12.5. The zero-order valence-corrected chi connectivity index (χ0v) is 15.6. The summed E-state index contributed by atoms with van der Waals surface area (Å²) in [6.07, 6.45) is 1.66. The molecule has 1 saturated heterocycles. The van der Waals surface area contributed by atoms with Gasteiger partial charge in [0.15, 0.2) is 0 Å². The van der Waals surface area contributed by atoms with Crippen LogP contribution >= 0.6 is 24.0 Å². The van der Waals surface area contributed by atoms with Gasteiger partial charge in [0.1, 0.15) is 15.8 Å². The number of carboxylic acids is 1. The highest BCUT2D eigenvalue weighted by Crippen LogP contribution is 2.37. The van der Waals surface area contributed by atoms with E-state index >= 15 is 0 Å². The maximum Gasteiger partial charge on any atom is 0.266 e. The largest absolute Gasteiger partial charge is 0.548 e. The third-order valence-corrected chi connectivity index (χ3v) is 5.26. The minimum Gasteiger partial charge on any atom is -0.548 e. The smallest absolute Gasteiger partial charge is 0.266 e. The number of carbonyl (C=O) groups excluding carboxylic acids is 2. The van der Waals surface area contributed by atoms with E-state index in [1.54, 1.807) is 20.3 Å². The number of methoxy groups -OCH3 is 2. The van der Waals surface area contributed by atoms with Gasteiger partial charge in [0.25, 0.3) is 5.91 Å². The van der Waals surface area contributed by atoms with Crippen molar-refractivity contribution in [2.24, 2.45) is 0 Å². The molecular formula is C18H14NO5S2-. The summed E-state index contributed by atoms with van der Waals surface area (Å²) in [7, 11) is 3.12. The average Bonchev–Trinajstić information content (AvgIpc) is 2.88. The van der Waals surface area contributed by atoms with Crippen molar-refractivity contribution in [2.75, 3.05) is 20.8 Å². The van der Waals surface area contributed by atoms with Crippen LogP contribution in [0.3, 0.4) is 0 Å². The van der Waals surface area contributed by atoms with Gasteiger partial charge in [-0.15, -0.1) is 0 Å². The lowest BCUT2D eigenvalue weighted by Crippen LogP contribution is -2.40. The average molecular weight is 388 g/mol. The number of benzene rings is 2. The first-order valence-electron chi connectivity index (χ1n) is 7.54. The van der Waals surface area contributed by atoms with Gasteiger partial charge in [0.2, 0.25) is 0 Å². The Hall–Kier alpha value is -2.58. The maximum absolute atomic E-state index is 12.5. The van der Waals surface area contributed by atoms with Crippen molar-refractivity contribution in [1.29, 1.82) is 0 Å². The summed E-state index contributed by atoms with van der Waals surface area (Å²) in [5.74, 6) is -0.581. The minimum atomic E-state index is -1.37. The van der Waals surface area contributed by atoms with Crippen LogP contribution in [-0.2, 0) is 9.59 Å². The second kappa shape index (κ2) is 7.35. The lowest BCUT2D eigenvalue weighted by Gasteiger charge is -2.14. The van der Waals surface area contributed by atoms with E-state index in [0.29, 0.717) is 22.0 Å². The van der Waals surface area contributed by atoms with Crippen LogP contribution in [0.15, 0.2) is 35.2 Å². The Morgan fingerprint density at radius 1 is 1.27 bits per heavy atom. The van der Waals surface area contributed by atoms with E-state index in [0.717, 1.165) is 27.4 Å². The fourth-order valence-corrected chi connectivity index (χ4v) is 3.89. The summed E-state index contributed by atoms with van der Waals surface area (Å²) in [6, 6.07) is 9.32. The number of rotatable bonds is 5. The lowest BCUT2D eigenvalue weighted by atomic mass is 10.0. The molecule has 0 aliphatic carbocycles. The van der Waals surface area contributed by atoms with Gasteiger partial charge in [-0.1, -0.05) is 36.1 Å². The number of hydrogen-bond acceptors (Lipinski definition) is 7. The van der Waals surface area contributed by atoms with E-state index in [4.69, 9.17) is 21.7 Å². The van der Waals surface area contributed by atoms with Crippen LogP contribution in [0.4, 0.5) is 0 Å². The molecule has 1 aliphatic heterocycles. The highest BCUT2D eigenvalue weighted by atomic mass is 32.2. The molecule has 0 spiro atoms. The number of aliphatic carboxylic acids is 1. The third kappa shape index (κ3) is 3.38. The van der Waals surface area contributed by atoms with Gasteiger partial charge in [-0.2, -0.15) is 0 Å². The van der Waals surface area contributed by atoms with Gasteiger partial charge in [0.05, 0.1) is 31.6 Å². The molecule has 2 aromatic carbocycles. The molecule has 8 heteroatoms. The van der Waals surface area contributed by atoms with E-state index in [2.05, 4.69) is 0 Å². The number of carbonyl (C=O) groups is 2. The van der Waals surface area contributed by atoms with Crippen LogP contribution in [-0.4, -0.2) is 41.9 Å². The molecule has 3 rings (SSSR count). The van der Waals surface area contributed by atoms with Crippen molar-refractivity contribution in [3.05, 3.63) is 40.8 Å².